The van der Waals surface area contributed by atoms with Crippen LogP contribution in [0.25, 0.3) is 10.8 Å². The minimum Gasteiger partial charge on any atom is -0.491 e. The zero-order valence-electron chi connectivity index (χ0n) is 18.1. The Labute approximate surface area is 183 Å². The van der Waals surface area contributed by atoms with Crippen molar-refractivity contribution in [3.05, 3.63) is 102 Å². The molecular weight excluding hydrogens is 386 g/mol. The van der Waals surface area contributed by atoms with E-state index in [2.05, 4.69) is 60.4 Å². The molecule has 1 aromatic heterocycles. The van der Waals surface area contributed by atoms with Crippen LogP contribution in [0, 0.1) is 13.8 Å². The molecule has 3 aromatic carbocycles. The first-order valence-corrected chi connectivity index (χ1v) is 10.7. The number of aliphatic hydroxyl groups excluding tert-OH is 1. The van der Waals surface area contributed by atoms with Gasteiger partial charge in [-0.3, -0.25) is 4.90 Å². The summed E-state index contributed by atoms with van der Waals surface area (Å²) in [5.41, 5.74) is 3.52. The van der Waals surface area contributed by atoms with Crippen molar-refractivity contribution in [1.82, 2.24) is 4.90 Å². The molecule has 4 aromatic rings. The summed E-state index contributed by atoms with van der Waals surface area (Å²) in [4.78, 5) is 2.21. The number of fused-ring (bicyclic) bond motifs is 1. The molecule has 4 rings (SSSR count). The van der Waals surface area contributed by atoms with E-state index in [4.69, 9.17) is 9.15 Å². The van der Waals surface area contributed by atoms with Crippen molar-refractivity contribution in [3.8, 4) is 5.75 Å². The Bertz CT molecular complexity index is 1120. The summed E-state index contributed by atoms with van der Waals surface area (Å²) >= 11 is 0. The van der Waals surface area contributed by atoms with Crippen LogP contribution in [-0.2, 0) is 13.1 Å². The van der Waals surface area contributed by atoms with Crippen LogP contribution in [0.5, 0.6) is 5.75 Å². The van der Waals surface area contributed by atoms with Gasteiger partial charge < -0.3 is 14.3 Å². The van der Waals surface area contributed by atoms with Gasteiger partial charge in [0.1, 0.15) is 24.2 Å². The van der Waals surface area contributed by atoms with Gasteiger partial charge in [0.05, 0.1) is 12.8 Å². The van der Waals surface area contributed by atoms with Crippen molar-refractivity contribution in [1.29, 1.82) is 0 Å². The number of aliphatic hydroxyl groups is 1. The van der Waals surface area contributed by atoms with Crippen molar-refractivity contribution in [2.75, 3.05) is 13.2 Å². The highest BCUT2D eigenvalue weighted by molar-refractivity contribution is 5.85. The van der Waals surface area contributed by atoms with Crippen LogP contribution < -0.4 is 4.74 Å². The Hall–Kier alpha value is -3.08. The molecule has 0 aliphatic rings. The van der Waals surface area contributed by atoms with E-state index in [1.165, 1.54) is 21.9 Å². The first-order chi connectivity index (χ1) is 15.1. The number of hydrogen-bond acceptors (Lipinski definition) is 4. The molecule has 0 saturated heterocycles. The minimum atomic E-state index is -0.621. The average Bonchev–Trinajstić information content (AvgIpc) is 3.28. The molecule has 0 aliphatic heterocycles. The molecule has 4 nitrogen and oxygen atoms in total. The Balaban J connectivity index is 1.47. The third-order valence-corrected chi connectivity index (χ3v) is 5.69. The van der Waals surface area contributed by atoms with Gasteiger partial charge in [-0.25, -0.2) is 0 Å². The lowest BCUT2D eigenvalue weighted by atomic mass is 10.0. The molecule has 1 N–H and O–H groups in total. The molecule has 0 fully saturated rings. The molecule has 0 saturated carbocycles. The molecule has 1 heterocycles. The smallest absolute Gasteiger partial charge is 0.122 e. The van der Waals surface area contributed by atoms with Gasteiger partial charge in [0.2, 0.25) is 0 Å². The lowest BCUT2D eigenvalue weighted by Gasteiger charge is -2.25. The van der Waals surface area contributed by atoms with Crippen LogP contribution in [0.3, 0.4) is 0 Å². The number of furan rings is 1. The van der Waals surface area contributed by atoms with Crippen molar-refractivity contribution in [3.63, 3.8) is 0 Å². The molecule has 0 radical (unpaired) electrons. The van der Waals surface area contributed by atoms with Gasteiger partial charge in [-0.15, -0.1) is 0 Å². The number of ether oxygens (including phenoxy) is 1. The standard InChI is InChI=1S/C27H29NO3/c1-20-8-5-14-27(21(20)2)31-19-24(29)17-28(18-25-12-7-15-30-25)16-23-11-6-10-22-9-3-4-13-26(22)23/h3-15,24,29H,16-19H2,1-2H3. The number of hydrogen-bond donors (Lipinski definition) is 1. The van der Waals surface area contributed by atoms with Crippen LogP contribution in [0.2, 0.25) is 0 Å². The largest absolute Gasteiger partial charge is 0.491 e. The van der Waals surface area contributed by atoms with Crippen molar-refractivity contribution in [2.45, 2.75) is 33.0 Å². The van der Waals surface area contributed by atoms with E-state index in [9.17, 15) is 5.11 Å². The Morgan fingerprint density at radius 1 is 0.903 bits per heavy atom. The molecular formula is C27H29NO3. The first-order valence-electron chi connectivity index (χ1n) is 10.7. The van der Waals surface area contributed by atoms with Crippen molar-refractivity contribution < 1.29 is 14.3 Å². The summed E-state index contributed by atoms with van der Waals surface area (Å²) in [6.45, 7) is 6.16. The van der Waals surface area contributed by atoms with Crippen LogP contribution in [0.4, 0.5) is 0 Å². The van der Waals surface area contributed by atoms with Gasteiger partial charge in [0, 0.05) is 13.1 Å². The lowest BCUT2D eigenvalue weighted by molar-refractivity contribution is 0.0604. The monoisotopic (exact) mass is 415 g/mol. The number of nitrogens with zero attached hydrogens (tertiary/aromatic N) is 1. The van der Waals surface area contributed by atoms with E-state index in [1.807, 2.05) is 31.2 Å². The normalized spacial score (nSPS) is 12.4. The second-order valence-electron chi connectivity index (χ2n) is 8.05. The van der Waals surface area contributed by atoms with Gasteiger partial charge in [-0.1, -0.05) is 54.6 Å². The van der Waals surface area contributed by atoms with Gasteiger partial charge in [0.25, 0.3) is 0 Å². The van der Waals surface area contributed by atoms with Crippen LogP contribution in [0.1, 0.15) is 22.5 Å². The molecule has 31 heavy (non-hydrogen) atoms. The molecule has 0 aliphatic carbocycles. The third-order valence-electron chi connectivity index (χ3n) is 5.69. The van der Waals surface area contributed by atoms with E-state index in [-0.39, 0.29) is 6.61 Å². The maximum Gasteiger partial charge on any atom is 0.122 e. The van der Waals surface area contributed by atoms with Crippen LogP contribution >= 0.6 is 0 Å². The highest BCUT2D eigenvalue weighted by Crippen LogP contribution is 2.22. The van der Waals surface area contributed by atoms with Crippen LogP contribution in [0.15, 0.2) is 83.5 Å². The maximum atomic E-state index is 10.8. The second kappa shape index (κ2) is 9.82. The van der Waals surface area contributed by atoms with Gasteiger partial charge >= 0.3 is 0 Å². The van der Waals surface area contributed by atoms with Gasteiger partial charge in [0.15, 0.2) is 0 Å². The highest BCUT2D eigenvalue weighted by Gasteiger charge is 2.16. The predicted octanol–water partition coefficient (Wildman–Crippen LogP) is 5.49. The molecule has 1 unspecified atom stereocenters. The molecule has 4 heteroatoms. The van der Waals surface area contributed by atoms with Gasteiger partial charge in [-0.05, 0) is 59.5 Å². The molecule has 0 amide bonds. The SMILES string of the molecule is Cc1cccc(OCC(O)CN(Cc2ccco2)Cc2cccc3ccccc23)c1C. The van der Waals surface area contributed by atoms with Crippen molar-refractivity contribution in [2.24, 2.45) is 0 Å². The fraction of sp³-hybridized carbons (Fsp3) is 0.259. The van der Waals surface area contributed by atoms with E-state index in [1.54, 1.807) is 6.26 Å². The van der Waals surface area contributed by atoms with E-state index in [0.717, 1.165) is 17.1 Å². The molecule has 0 bridgehead atoms. The summed E-state index contributed by atoms with van der Waals surface area (Å²) in [7, 11) is 0. The minimum absolute atomic E-state index is 0.245. The molecule has 1 atom stereocenters. The van der Waals surface area contributed by atoms with Gasteiger partial charge in [-0.2, -0.15) is 0 Å². The molecule has 160 valence electrons. The Kier molecular flexibility index (Phi) is 6.70. The summed E-state index contributed by atoms with van der Waals surface area (Å²) in [5, 5.41) is 13.2. The first kappa shape index (κ1) is 21.2. The Morgan fingerprint density at radius 3 is 2.55 bits per heavy atom. The highest BCUT2D eigenvalue weighted by atomic mass is 16.5. The fourth-order valence-electron chi connectivity index (χ4n) is 3.90. The summed E-state index contributed by atoms with van der Waals surface area (Å²) < 4.78 is 11.5. The number of rotatable bonds is 9. The third kappa shape index (κ3) is 5.35. The topological polar surface area (TPSA) is 45.8 Å². The second-order valence-corrected chi connectivity index (χ2v) is 8.05. The van der Waals surface area contributed by atoms with E-state index in [0.29, 0.717) is 19.6 Å². The zero-order chi connectivity index (χ0) is 21.6. The maximum absolute atomic E-state index is 10.8. The average molecular weight is 416 g/mol. The number of aryl methyl sites for hydroxylation is 1. The molecule has 0 spiro atoms. The van der Waals surface area contributed by atoms with E-state index >= 15 is 0 Å². The summed E-state index contributed by atoms with van der Waals surface area (Å²) in [6, 6.07) is 24.6. The van der Waals surface area contributed by atoms with E-state index < -0.39 is 6.10 Å². The van der Waals surface area contributed by atoms with Crippen molar-refractivity contribution >= 4 is 10.8 Å². The zero-order valence-corrected chi connectivity index (χ0v) is 18.1. The summed E-state index contributed by atoms with van der Waals surface area (Å²) in [6.07, 6.45) is 1.07. The lowest BCUT2D eigenvalue weighted by Crippen LogP contribution is -2.35. The summed E-state index contributed by atoms with van der Waals surface area (Å²) in [5.74, 6) is 1.70. The fourth-order valence-corrected chi connectivity index (χ4v) is 3.90. The quantitative estimate of drug-likeness (QED) is 0.393. The van der Waals surface area contributed by atoms with Crippen LogP contribution in [-0.4, -0.2) is 29.3 Å². The number of benzene rings is 3. The predicted molar refractivity (Wildman–Crippen MR) is 124 cm³/mol. The Morgan fingerprint density at radius 2 is 1.71 bits per heavy atom.